The molecule has 2 aromatic carbocycles. The second-order valence-electron chi connectivity index (χ2n) is 7.38. The number of aromatic nitrogens is 1. The molecule has 0 atom stereocenters. The fourth-order valence-electron chi connectivity index (χ4n) is 3.47. The van der Waals surface area contributed by atoms with Gasteiger partial charge in [0.15, 0.2) is 5.76 Å². The summed E-state index contributed by atoms with van der Waals surface area (Å²) in [5, 5.41) is 15.4. The lowest BCUT2D eigenvalue weighted by atomic mass is 10.1. The average Bonchev–Trinajstić information content (AvgIpc) is 3.50. The van der Waals surface area contributed by atoms with E-state index in [0.29, 0.717) is 28.5 Å². The van der Waals surface area contributed by atoms with Gasteiger partial charge in [0.2, 0.25) is 0 Å². The number of carbonyl (C=O) groups is 1. The van der Waals surface area contributed by atoms with Crippen molar-refractivity contribution in [2.75, 3.05) is 7.11 Å². The summed E-state index contributed by atoms with van der Waals surface area (Å²) in [4.78, 5) is 25.7. The van der Waals surface area contributed by atoms with Gasteiger partial charge < -0.3 is 18.6 Å². The number of carbonyl (C=O) groups excluding carboxylic acids is 1. The maximum Gasteiger partial charge on any atom is 0.273 e. The topological polar surface area (TPSA) is 112 Å². The number of furan rings is 1. The minimum atomic E-state index is -0.500. The molecule has 0 aliphatic rings. The Kier molecular flexibility index (Phi) is 6.21. The highest BCUT2D eigenvalue weighted by molar-refractivity contribution is 5.95. The molecule has 4 aromatic rings. The smallest absolute Gasteiger partial charge is 0.273 e. The Hall–Kier alpha value is -4.40. The minimum Gasteiger partial charge on any atom is -0.496 e. The van der Waals surface area contributed by atoms with E-state index < -0.39 is 10.8 Å². The molecule has 33 heavy (non-hydrogen) atoms. The Morgan fingerprint density at radius 1 is 1.12 bits per heavy atom. The maximum absolute atomic E-state index is 13.3. The first-order valence-corrected chi connectivity index (χ1v) is 10.1. The van der Waals surface area contributed by atoms with E-state index in [1.54, 1.807) is 44.4 Å². The van der Waals surface area contributed by atoms with Crippen LogP contribution in [0.25, 0.3) is 11.3 Å². The molecule has 0 N–H and O–H groups in total. The lowest BCUT2D eigenvalue weighted by Gasteiger charge is -2.20. The molecule has 9 heteroatoms. The molecule has 4 rings (SSSR count). The van der Waals surface area contributed by atoms with Crippen LogP contribution in [0.15, 0.2) is 75.9 Å². The molecule has 0 fully saturated rings. The SMILES string of the molecule is COc1ccccc1-c1cc(CN(Cc2ccco2)C(=O)c2ccc(C)c([N+](=O)[O-])c2)no1. The second kappa shape index (κ2) is 9.39. The van der Waals surface area contributed by atoms with Crippen LogP contribution in [0, 0.1) is 17.0 Å². The number of methoxy groups -OCH3 is 1. The third-order valence-corrected chi connectivity index (χ3v) is 5.15. The van der Waals surface area contributed by atoms with Crippen LogP contribution in [-0.4, -0.2) is 28.0 Å². The molecule has 0 unspecified atom stereocenters. The van der Waals surface area contributed by atoms with E-state index in [0.717, 1.165) is 5.56 Å². The Balaban J connectivity index is 1.63. The van der Waals surface area contributed by atoms with Crippen molar-refractivity contribution in [2.24, 2.45) is 0 Å². The Labute approximate surface area is 189 Å². The number of benzene rings is 2. The number of nitro groups is 1. The first kappa shape index (κ1) is 21.8. The van der Waals surface area contributed by atoms with Gasteiger partial charge in [0.25, 0.3) is 11.6 Å². The first-order valence-electron chi connectivity index (χ1n) is 10.1. The fourth-order valence-corrected chi connectivity index (χ4v) is 3.47. The van der Waals surface area contributed by atoms with E-state index in [9.17, 15) is 14.9 Å². The summed E-state index contributed by atoms with van der Waals surface area (Å²) in [5.41, 5.74) is 1.81. The average molecular weight is 447 g/mol. The summed E-state index contributed by atoms with van der Waals surface area (Å²) in [6.07, 6.45) is 1.52. The molecular weight excluding hydrogens is 426 g/mol. The van der Waals surface area contributed by atoms with Gasteiger partial charge in [-0.1, -0.05) is 23.4 Å². The predicted molar refractivity (Wildman–Crippen MR) is 119 cm³/mol. The Morgan fingerprint density at radius 3 is 2.67 bits per heavy atom. The summed E-state index contributed by atoms with van der Waals surface area (Å²) in [6, 6.07) is 17.0. The third-order valence-electron chi connectivity index (χ3n) is 5.15. The molecule has 0 spiro atoms. The number of nitro benzene ring substituents is 1. The maximum atomic E-state index is 13.3. The van der Waals surface area contributed by atoms with Gasteiger partial charge in [-0.05, 0) is 37.3 Å². The zero-order chi connectivity index (χ0) is 23.4. The van der Waals surface area contributed by atoms with Gasteiger partial charge in [0.05, 0.1) is 36.9 Å². The van der Waals surface area contributed by atoms with Crippen molar-refractivity contribution < 1.29 is 23.4 Å². The number of para-hydroxylation sites is 1. The summed E-state index contributed by atoms with van der Waals surface area (Å²) in [7, 11) is 1.57. The van der Waals surface area contributed by atoms with Crippen LogP contribution in [0.2, 0.25) is 0 Å². The molecule has 9 nitrogen and oxygen atoms in total. The number of hydrogen-bond donors (Lipinski definition) is 0. The summed E-state index contributed by atoms with van der Waals surface area (Å²) < 4.78 is 16.3. The number of ether oxygens (including phenoxy) is 1. The van der Waals surface area contributed by atoms with Gasteiger partial charge in [0, 0.05) is 23.3 Å². The number of hydrogen-bond acceptors (Lipinski definition) is 7. The van der Waals surface area contributed by atoms with Crippen LogP contribution >= 0.6 is 0 Å². The van der Waals surface area contributed by atoms with E-state index in [4.69, 9.17) is 13.7 Å². The minimum absolute atomic E-state index is 0.111. The number of aryl methyl sites for hydroxylation is 1. The van der Waals surface area contributed by atoms with Crippen molar-refractivity contribution >= 4 is 11.6 Å². The highest BCUT2D eigenvalue weighted by Crippen LogP contribution is 2.30. The quantitative estimate of drug-likeness (QED) is 0.276. The highest BCUT2D eigenvalue weighted by atomic mass is 16.6. The molecule has 0 aliphatic carbocycles. The van der Waals surface area contributed by atoms with Gasteiger partial charge in [-0.2, -0.15) is 0 Å². The number of nitrogens with zero attached hydrogens (tertiary/aromatic N) is 3. The van der Waals surface area contributed by atoms with E-state index in [-0.39, 0.29) is 24.3 Å². The molecule has 0 saturated carbocycles. The van der Waals surface area contributed by atoms with E-state index >= 15 is 0 Å². The largest absolute Gasteiger partial charge is 0.496 e. The van der Waals surface area contributed by atoms with Crippen molar-refractivity contribution in [3.63, 3.8) is 0 Å². The van der Waals surface area contributed by atoms with Gasteiger partial charge in [-0.25, -0.2) is 0 Å². The van der Waals surface area contributed by atoms with E-state index in [1.807, 2.05) is 24.3 Å². The predicted octanol–water partition coefficient (Wildman–Crippen LogP) is 5.00. The van der Waals surface area contributed by atoms with Crippen molar-refractivity contribution in [3.8, 4) is 17.1 Å². The number of amides is 1. The molecule has 1 amide bonds. The van der Waals surface area contributed by atoms with Crippen LogP contribution in [0.1, 0.15) is 27.4 Å². The van der Waals surface area contributed by atoms with Crippen LogP contribution in [0.4, 0.5) is 5.69 Å². The summed E-state index contributed by atoms with van der Waals surface area (Å²) in [5.74, 6) is 1.31. The lowest BCUT2D eigenvalue weighted by Crippen LogP contribution is -2.30. The van der Waals surface area contributed by atoms with Crippen LogP contribution in [0.3, 0.4) is 0 Å². The van der Waals surface area contributed by atoms with Crippen molar-refractivity contribution in [1.82, 2.24) is 10.1 Å². The fraction of sp³-hybridized carbons (Fsp3) is 0.167. The van der Waals surface area contributed by atoms with Gasteiger partial charge in [0.1, 0.15) is 17.2 Å². The van der Waals surface area contributed by atoms with E-state index in [1.165, 1.54) is 17.2 Å². The second-order valence-corrected chi connectivity index (χ2v) is 7.38. The molecule has 0 radical (unpaired) electrons. The monoisotopic (exact) mass is 447 g/mol. The molecule has 0 aliphatic heterocycles. The molecule has 2 heterocycles. The summed E-state index contributed by atoms with van der Waals surface area (Å²) in [6.45, 7) is 1.89. The zero-order valence-electron chi connectivity index (χ0n) is 18.1. The molecular formula is C24H21N3O6. The van der Waals surface area contributed by atoms with Gasteiger partial charge in [-0.3, -0.25) is 14.9 Å². The van der Waals surface area contributed by atoms with Crippen molar-refractivity contribution in [2.45, 2.75) is 20.0 Å². The number of rotatable bonds is 8. The molecule has 0 bridgehead atoms. The third kappa shape index (κ3) is 4.77. The van der Waals surface area contributed by atoms with Crippen molar-refractivity contribution in [3.05, 3.63) is 99.6 Å². The first-order chi connectivity index (χ1) is 16.0. The molecule has 168 valence electrons. The van der Waals surface area contributed by atoms with Gasteiger partial charge >= 0.3 is 0 Å². The molecule has 2 aromatic heterocycles. The standard InChI is InChI=1S/C24H21N3O6/c1-16-9-10-17(12-21(16)27(29)30)24(28)26(15-19-6-5-11-32-19)14-18-13-23(33-25-18)20-7-3-4-8-22(20)31-2/h3-13H,14-15H2,1-2H3. The lowest BCUT2D eigenvalue weighted by molar-refractivity contribution is -0.385. The van der Waals surface area contributed by atoms with Crippen LogP contribution in [0.5, 0.6) is 5.75 Å². The highest BCUT2D eigenvalue weighted by Gasteiger charge is 2.23. The zero-order valence-corrected chi connectivity index (χ0v) is 18.1. The van der Waals surface area contributed by atoms with Gasteiger partial charge in [-0.15, -0.1) is 0 Å². The Morgan fingerprint density at radius 2 is 1.94 bits per heavy atom. The molecule has 0 saturated heterocycles. The Bertz CT molecular complexity index is 1280. The normalized spacial score (nSPS) is 10.7. The van der Waals surface area contributed by atoms with Crippen molar-refractivity contribution in [1.29, 1.82) is 0 Å². The van der Waals surface area contributed by atoms with Crippen LogP contribution < -0.4 is 4.74 Å². The van der Waals surface area contributed by atoms with Crippen LogP contribution in [-0.2, 0) is 13.1 Å². The summed E-state index contributed by atoms with van der Waals surface area (Å²) >= 11 is 0. The van der Waals surface area contributed by atoms with E-state index in [2.05, 4.69) is 5.16 Å².